The molecule has 0 spiro atoms. The number of likely N-dealkylation sites (tertiary alicyclic amines) is 1. The standard InChI is InChI=1S/C27H33N5O2/c1-18(2)15-32-14-6-7-20(16-32)24(28)25-23(27(29)31-17-30-25)26(33)19-10-12-22(13-11-19)34-21-8-4-3-5-9-21/h3-5,8-13,17-18,20,24H,6-7,14-16,28H2,1-2H3,(H2,29,30,31)/t20-,24?/m0/s1. The number of carbonyl (C=O) groups excluding carboxylic acids is 1. The molecule has 1 fully saturated rings. The lowest BCUT2D eigenvalue weighted by molar-refractivity contribution is 0.103. The van der Waals surface area contributed by atoms with E-state index in [0.717, 1.165) is 38.2 Å². The first-order valence-corrected chi connectivity index (χ1v) is 11.9. The van der Waals surface area contributed by atoms with E-state index in [2.05, 4.69) is 28.7 Å². The molecule has 2 heterocycles. The van der Waals surface area contributed by atoms with E-state index >= 15 is 0 Å². The number of anilines is 1. The Labute approximate surface area is 201 Å². The van der Waals surface area contributed by atoms with E-state index in [1.807, 2.05) is 30.3 Å². The number of hydrogen-bond donors (Lipinski definition) is 2. The van der Waals surface area contributed by atoms with Gasteiger partial charge in [-0.1, -0.05) is 32.0 Å². The topological polar surface area (TPSA) is 107 Å². The summed E-state index contributed by atoms with van der Waals surface area (Å²) in [4.78, 5) is 24.5. The van der Waals surface area contributed by atoms with Crippen molar-refractivity contribution in [2.24, 2.45) is 17.6 Å². The van der Waals surface area contributed by atoms with Gasteiger partial charge < -0.3 is 21.1 Å². The van der Waals surface area contributed by atoms with E-state index in [1.54, 1.807) is 24.3 Å². The Morgan fingerprint density at radius 3 is 2.50 bits per heavy atom. The maximum Gasteiger partial charge on any atom is 0.198 e. The molecule has 0 saturated carbocycles. The normalized spacial score (nSPS) is 17.5. The highest BCUT2D eigenvalue weighted by Crippen LogP contribution is 2.32. The molecule has 0 aliphatic carbocycles. The highest BCUT2D eigenvalue weighted by Gasteiger charge is 2.31. The van der Waals surface area contributed by atoms with Crippen LogP contribution in [0, 0.1) is 11.8 Å². The number of para-hydroxylation sites is 1. The van der Waals surface area contributed by atoms with E-state index in [1.165, 1.54) is 6.33 Å². The summed E-state index contributed by atoms with van der Waals surface area (Å²) in [6, 6.07) is 16.1. The molecular formula is C27H33N5O2. The Bertz CT molecular complexity index is 1100. The molecule has 4 rings (SSSR count). The largest absolute Gasteiger partial charge is 0.457 e. The number of rotatable bonds is 8. The minimum Gasteiger partial charge on any atom is -0.457 e. The Balaban J connectivity index is 1.54. The van der Waals surface area contributed by atoms with E-state index in [4.69, 9.17) is 16.2 Å². The summed E-state index contributed by atoms with van der Waals surface area (Å²) in [5.74, 6) is 2.10. The Kier molecular flexibility index (Phi) is 7.55. The van der Waals surface area contributed by atoms with Crippen molar-refractivity contribution < 1.29 is 9.53 Å². The lowest BCUT2D eigenvalue weighted by Gasteiger charge is -2.36. The number of ketones is 1. The zero-order valence-corrected chi connectivity index (χ0v) is 19.9. The third-order valence-electron chi connectivity index (χ3n) is 6.22. The molecule has 1 unspecified atom stereocenters. The monoisotopic (exact) mass is 459 g/mol. The molecule has 0 amide bonds. The molecule has 7 nitrogen and oxygen atoms in total. The van der Waals surface area contributed by atoms with E-state index < -0.39 is 0 Å². The summed E-state index contributed by atoms with van der Waals surface area (Å²) in [6.07, 6.45) is 3.48. The Morgan fingerprint density at radius 1 is 1.09 bits per heavy atom. The molecule has 1 aromatic heterocycles. The number of benzene rings is 2. The van der Waals surface area contributed by atoms with Crippen molar-refractivity contribution in [2.75, 3.05) is 25.4 Å². The molecule has 0 radical (unpaired) electrons. The molecule has 4 N–H and O–H groups in total. The van der Waals surface area contributed by atoms with Crippen LogP contribution >= 0.6 is 0 Å². The van der Waals surface area contributed by atoms with Crippen LogP contribution in [0.3, 0.4) is 0 Å². The fourth-order valence-electron chi connectivity index (χ4n) is 4.63. The summed E-state index contributed by atoms with van der Waals surface area (Å²) in [6.45, 7) is 7.46. The second kappa shape index (κ2) is 10.8. The molecule has 0 bridgehead atoms. The molecule has 178 valence electrons. The quantitative estimate of drug-likeness (QED) is 0.479. The molecule has 1 aliphatic rings. The molecule has 1 aliphatic heterocycles. The predicted molar refractivity (Wildman–Crippen MR) is 134 cm³/mol. The van der Waals surface area contributed by atoms with Crippen LogP contribution in [0.5, 0.6) is 11.5 Å². The van der Waals surface area contributed by atoms with Crippen LogP contribution in [0.2, 0.25) is 0 Å². The van der Waals surface area contributed by atoms with E-state index in [9.17, 15) is 4.79 Å². The molecule has 1 saturated heterocycles. The summed E-state index contributed by atoms with van der Waals surface area (Å²) in [5.41, 5.74) is 14.2. The first-order chi connectivity index (χ1) is 16.4. The number of hydrogen-bond acceptors (Lipinski definition) is 7. The average Bonchev–Trinajstić information content (AvgIpc) is 2.84. The van der Waals surface area contributed by atoms with Gasteiger partial charge in [0.25, 0.3) is 0 Å². The first-order valence-electron chi connectivity index (χ1n) is 11.9. The smallest absolute Gasteiger partial charge is 0.198 e. The number of carbonyl (C=O) groups is 1. The first kappa shape index (κ1) is 23.9. The SMILES string of the molecule is CC(C)CN1CCC[C@H](C(N)c2ncnc(N)c2C(=O)c2ccc(Oc3ccccc3)cc2)C1. The lowest BCUT2D eigenvalue weighted by Crippen LogP contribution is -2.42. The van der Waals surface area contributed by atoms with Gasteiger partial charge in [-0.2, -0.15) is 0 Å². The van der Waals surface area contributed by atoms with E-state index in [0.29, 0.717) is 28.5 Å². The van der Waals surface area contributed by atoms with Gasteiger partial charge in [0.1, 0.15) is 23.6 Å². The van der Waals surface area contributed by atoms with Gasteiger partial charge in [-0.3, -0.25) is 4.79 Å². The van der Waals surface area contributed by atoms with Crippen molar-refractivity contribution >= 4 is 11.6 Å². The fourth-order valence-corrected chi connectivity index (χ4v) is 4.63. The Morgan fingerprint density at radius 2 is 1.79 bits per heavy atom. The fraction of sp³-hybridized carbons (Fsp3) is 0.370. The van der Waals surface area contributed by atoms with Crippen LogP contribution < -0.4 is 16.2 Å². The van der Waals surface area contributed by atoms with Gasteiger partial charge in [0, 0.05) is 18.7 Å². The van der Waals surface area contributed by atoms with Gasteiger partial charge in [0.15, 0.2) is 5.78 Å². The van der Waals surface area contributed by atoms with Crippen molar-refractivity contribution in [3.05, 3.63) is 77.7 Å². The van der Waals surface area contributed by atoms with Gasteiger partial charge >= 0.3 is 0 Å². The summed E-state index contributed by atoms with van der Waals surface area (Å²) >= 11 is 0. The molecular weight excluding hydrogens is 426 g/mol. The summed E-state index contributed by atoms with van der Waals surface area (Å²) in [5, 5.41) is 0. The van der Waals surface area contributed by atoms with Gasteiger partial charge in [-0.25, -0.2) is 9.97 Å². The number of aromatic nitrogens is 2. The van der Waals surface area contributed by atoms with Crippen molar-refractivity contribution in [3.63, 3.8) is 0 Å². The van der Waals surface area contributed by atoms with Crippen molar-refractivity contribution in [1.29, 1.82) is 0 Å². The highest BCUT2D eigenvalue weighted by atomic mass is 16.5. The summed E-state index contributed by atoms with van der Waals surface area (Å²) < 4.78 is 5.84. The predicted octanol–water partition coefficient (Wildman–Crippen LogP) is 4.45. The number of nitrogens with zero attached hydrogens (tertiary/aromatic N) is 3. The summed E-state index contributed by atoms with van der Waals surface area (Å²) in [7, 11) is 0. The zero-order valence-electron chi connectivity index (χ0n) is 19.9. The van der Waals surface area contributed by atoms with Crippen molar-refractivity contribution in [3.8, 4) is 11.5 Å². The minimum atomic E-state index is -0.389. The lowest BCUT2D eigenvalue weighted by atomic mass is 9.86. The van der Waals surface area contributed by atoms with Crippen LogP contribution in [0.1, 0.15) is 54.3 Å². The highest BCUT2D eigenvalue weighted by molar-refractivity contribution is 6.12. The second-order valence-corrected chi connectivity index (χ2v) is 9.37. The second-order valence-electron chi connectivity index (χ2n) is 9.37. The van der Waals surface area contributed by atoms with Crippen LogP contribution in [-0.4, -0.2) is 40.3 Å². The van der Waals surface area contributed by atoms with Crippen LogP contribution in [0.15, 0.2) is 60.9 Å². The molecule has 7 heteroatoms. The van der Waals surface area contributed by atoms with Gasteiger partial charge in [0.2, 0.25) is 0 Å². The maximum atomic E-state index is 13.5. The van der Waals surface area contributed by atoms with Gasteiger partial charge in [-0.05, 0) is 67.6 Å². The third-order valence-corrected chi connectivity index (χ3v) is 6.22. The van der Waals surface area contributed by atoms with Crippen LogP contribution in [-0.2, 0) is 0 Å². The number of ether oxygens (including phenoxy) is 1. The third kappa shape index (κ3) is 5.61. The number of nitrogens with two attached hydrogens (primary N) is 2. The minimum absolute atomic E-state index is 0.157. The Hall–Kier alpha value is -3.29. The van der Waals surface area contributed by atoms with Crippen LogP contribution in [0.25, 0.3) is 0 Å². The van der Waals surface area contributed by atoms with E-state index in [-0.39, 0.29) is 23.6 Å². The van der Waals surface area contributed by atoms with Gasteiger partial charge in [0.05, 0.1) is 17.3 Å². The molecule has 2 aromatic carbocycles. The van der Waals surface area contributed by atoms with Gasteiger partial charge in [-0.15, -0.1) is 0 Å². The van der Waals surface area contributed by atoms with Crippen molar-refractivity contribution in [2.45, 2.75) is 32.7 Å². The average molecular weight is 460 g/mol. The molecule has 3 aromatic rings. The number of piperidine rings is 1. The number of nitrogen functional groups attached to an aromatic ring is 1. The van der Waals surface area contributed by atoms with Crippen molar-refractivity contribution in [1.82, 2.24) is 14.9 Å². The van der Waals surface area contributed by atoms with Crippen LogP contribution in [0.4, 0.5) is 5.82 Å². The molecule has 34 heavy (non-hydrogen) atoms. The zero-order chi connectivity index (χ0) is 24.1. The molecule has 2 atom stereocenters. The maximum absolute atomic E-state index is 13.5.